The molecule has 0 bridgehead atoms. The molecule has 7 heteroatoms. The molecule has 0 aromatic carbocycles. The maximum atomic E-state index is 11.8. The molecule has 1 heterocycles. The Kier molecular flexibility index (Phi) is 4.41. The Bertz CT molecular complexity index is 371. The molecule has 1 fully saturated rings. The van der Waals surface area contributed by atoms with Crippen LogP contribution in [0.1, 0.15) is 39.0 Å². The Balaban J connectivity index is 2.93. The van der Waals surface area contributed by atoms with Gasteiger partial charge in [-0.05, 0) is 6.42 Å². The van der Waals surface area contributed by atoms with Gasteiger partial charge in [-0.1, -0.05) is 26.2 Å². The molecule has 1 aliphatic heterocycles. The second-order valence-corrected chi connectivity index (χ2v) is 4.35. The number of hydrogen-bond acceptors (Lipinski definition) is 4. The molecule has 0 aromatic heterocycles. The van der Waals surface area contributed by atoms with Crippen molar-refractivity contribution in [3.8, 4) is 0 Å². The lowest BCUT2D eigenvalue weighted by atomic mass is 9.76. The first kappa shape index (κ1) is 14.1. The summed E-state index contributed by atoms with van der Waals surface area (Å²) in [6.45, 7) is 1.95. The highest BCUT2D eigenvalue weighted by Gasteiger charge is 2.51. The maximum absolute atomic E-state index is 11.8. The molecule has 0 saturated carbocycles. The van der Waals surface area contributed by atoms with Crippen LogP contribution in [0.25, 0.3) is 0 Å². The Hall–Kier alpha value is -1.92. The van der Waals surface area contributed by atoms with Gasteiger partial charge in [0.05, 0.1) is 6.42 Å². The Labute approximate surface area is 104 Å². The molecule has 0 atom stereocenters. The van der Waals surface area contributed by atoms with E-state index in [1.807, 2.05) is 17.6 Å². The standard InChI is InChI=1S/C11H16N2O5/c1-2-3-4-5-11(6-7(14)15)8(16)12-10(18)13-9(11)17/h2-6H2,1H3,(H,14,15)(H2,12,13,16,17,18). The van der Waals surface area contributed by atoms with E-state index < -0.39 is 35.7 Å². The third-order valence-corrected chi connectivity index (χ3v) is 2.98. The zero-order valence-corrected chi connectivity index (χ0v) is 10.1. The SMILES string of the molecule is CCCCCC1(CC(=O)O)C(=O)NC(=O)NC1=O. The molecule has 0 unspecified atom stereocenters. The van der Waals surface area contributed by atoms with Gasteiger partial charge in [-0.3, -0.25) is 25.0 Å². The van der Waals surface area contributed by atoms with Crippen LogP contribution in [0.3, 0.4) is 0 Å². The first-order valence-corrected chi connectivity index (χ1v) is 5.81. The Morgan fingerprint density at radius 2 is 1.72 bits per heavy atom. The minimum atomic E-state index is -1.67. The van der Waals surface area contributed by atoms with E-state index in [-0.39, 0.29) is 6.42 Å². The lowest BCUT2D eigenvalue weighted by Gasteiger charge is -2.32. The summed E-state index contributed by atoms with van der Waals surface area (Å²) in [5, 5.41) is 12.8. The van der Waals surface area contributed by atoms with Gasteiger partial charge in [0.2, 0.25) is 11.8 Å². The average molecular weight is 256 g/mol. The third kappa shape index (κ3) is 2.85. The molecule has 3 N–H and O–H groups in total. The van der Waals surface area contributed by atoms with Crippen LogP contribution in [0.5, 0.6) is 0 Å². The van der Waals surface area contributed by atoms with Gasteiger partial charge in [0, 0.05) is 0 Å². The van der Waals surface area contributed by atoms with Gasteiger partial charge in [-0.2, -0.15) is 0 Å². The van der Waals surface area contributed by atoms with Gasteiger partial charge < -0.3 is 5.11 Å². The van der Waals surface area contributed by atoms with Crippen LogP contribution in [0.2, 0.25) is 0 Å². The van der Waals surface area contributed by atoms with Gasteiger partial charge in [0.1, 0.15) is 5.41 Å². The second kappa shape index (κ2) is 5.61. The topological polar surface area (TPSA) is 113 Å². The largest absolute Gasteiger partial charge is 0.481 e. The van der Waals surface area contributed by atoms with Crippen LogP contribution in [-0.2, 0) is 14.4 Å². The van der Waals surface area contributed by atoms with E-state index in [0.29, 0.717) is 6.42 Å². The zero-order chi connectivity index (χ0) is 13.8. The van der Waals surface area contributed by atoms with Crippen molar-refractivity contribution in [3.63, 3.8) is 0 Å². The van der Waals surface area contributed by atoms with Crippen molar-refractivity contribution >= 4 is 23.8 Å². The molecule has 100 valence electrons. The summed E-state index contributed by atoms with van der Waals surface area (Å²) < 4.78 is 0. The number of aliphatic carboxylic acids is 1. The number of carboxylic acids is 1. The van der Waals surface area contributed by atoms with E-state index in [0.717, 1.165) is 12.8 Å². The summed E-state index contributed by atoms with van der Waals surface area (Å²) in [5.41, 5.74) is -1.67. The monoisotopic (exact) mass is 256 g/mol. The number of carbonyl (C=O) groups excluding carboxylic acids is 3. The van der Waals surface area contributed by atoms with Gasteiger partial charge in [-0.25, -0.2) is 4.79 Å². The molecular formula is C11H16N2O5. The molecule has 1 saturated heterocycles. The number of unbranched alkanes of at least 4 members (excludes halogenated alkanes) is 2. The number of hydrogen-bond donors (Lipinski definition) is 3. The number of rotatable bonds is 6. The molecular weight excluding hydrogens is 240 g/mol. The zero-order valence-electron chi connectivity index (χ0n) is 10.1. The fourth-order valence-electron chi connectivity index (χ4n) is 1.99. The van der Waals surface area contributed by atoms with Crippen molar-refractivity contribution < 1.29 is 24.3 Å². The molecule has 0 aromatic rings. The molecule has 0 aliphatic carbocycles. The molecule has 0 spiro atoms. The van der Waals surface area contributed by atoms with Crippen LogP contribution in [-0.4, -0.2) is 28.9 Å². The van der Waals surface area contributed by atoms with Crippen LogP contribution in [0.4, 0.5) is 4.79 Å². The van der Waals surface area contributed by atoms with Crippen molar-refractivity contribution in [2.45, 2.75) is 39.0 Å². The molecule has 18 heavy (non-hydrogen) atoms. The summed E-state index contributed by atoms with van der Waals surface area (Å²) in [6.07, 6.45) is 1.74. The number of urea groups is 1. The van der Waals surface area contributed by atoms with E-state index in [1.165, 1.54) is 0 Å². The first-order chi connectivity index (χ1) is 8.42. The fraction of sp³-hybridized carbons (Fsp3) is 0.636. The van der Waals surface area contributed by atoms with Gasteiger partial charge in [0.25, 0.3) is 0 Å². The summed E-state index contributed by atoms with van der Waals surface area (Å²) in [5.74, 6) is -2.89. The van der Waals surface area contributed by atoms with E-state index in [2.05, 4.69) is 0 Å². The smallest absolute Gasteiger partial charge is 0.328 e. The molecule has 0 radical (unpaired) electrons. The predicted octanol–water partition coefficient (Wildman–Crippen LogP) is 0.394. The lowest BCUT2D eigenvalue weighted by molar-refractivity contribution is -0.154. The van der Waals surface area contributed by atoms with E-state index >= 15 is 0 Å². The van der Waals surface area contributed by atoms with Gasteiger partial charge in [-0.15, -0.1) is 0 Å². The summed E-state index contributed by atoms with van der Waals surface area (Å²) >= 11 is 0. The molecule has 1 aliphatic rings. The highest BCUT2D eigenvalue weighted by atomic mass is 16.4. The number of amides is 4. The van der Waals surface area contributed by atoms with Crippen LogP contribution < -0.4 is 10.6 Å². The van der Waals surface area contributed by atoms with Crippen molar-refractivity contribution in [3.05, 3.63) is 0 Å². The minimum Gasteiger partial charge on any atom is -0.481 e. The van der Waals surface area contributed by atoms with Crippen molar-refractivity contribution in [1.82, 2.24) is 10.6 Å². The molecule has 4 amide bonds. The van der Waals surface area contributed by atoms with Crippen LogP contribution in [0.15, 0.2) is 0 Å². The number of carbonyl (C=O) groups is 4. The lowest BCUT2D eigenvalue weighted by Crippen LogP contribution is -2.62. The van der Waals surface area contributed by atoms with Crippen molar-refractivity contribution in [1.29, 1.82) is 0 Å². The van der Waals surface area contributed by atoms with Crippen LogP contribution >= 0.6 is 0 Å². The molecule has 1 rings (SSSR count). The summed E-state index contributed by atoms with van der Waals surface area (Å²) in [7, 11) is 0. The van der Waals surface area contributed by atoms with E-state index in [4.69, 9.17) is 5.11 Å². The van der Waals surface area contributed by atoms with Gasteiger partial charge in [0.15, 0.2) is 0 Å². The summed E-state index contributed by atoms with van der Waals surface area (Å²) in [6, 6.07) is -0.901. The first-order valence-electron chi connectivity index (χ1n) is 5.81. The maximum Gasteiger partial charge on any atom is 0.328 e. The summed E-state index contributed by atoms with van der Waals surface area (Å²) in [4.78, 5) is 45.4. The quantitative estimate of drug-likeness (QED) is 0.470. The average Bonchev–Trinajstić information content (AvgIpc) is 2.25. The Morgan fingerprint density at radius 3 is 2.17 bits per heavy atom. The van der Waals surface area contributed by atoms with Crippen molar-refractivity contribution in [2.24, 2.45) is 5.41 Å². The highest BCUT2D eigenvalue weighted by Crippen LogP contribution is 2.32. The second-order valence-electron chi connectivity index (χ2n) is 4.35. The van der Waals surface area contributed by atoms with Crippen molar-refractivity contribution in [2.75, 3.05) is 0 Å². The third-order valence-electron chi connectivity index (χ3n) is 2.98. The number of barbiturate groups is 1. The van der Waals surface area contributed by atoms with Gasteiger partial charge >= 0.3 is 12.0 Å². The normalized spacial score (nSPS) is 18.2. The number of carboxylic acid groups (broad SMARTS) is 1. The predicted molar refractivity (Wildman–Crippen MR) is 60.5 cm³/mol. The Morgan fingerprint density at radius 1 is 1.17 bits per heavy atom. The van der Waals surface area contributed by atoms with E-state index in [1.54, 1.807) is 0 Å². The minimum absolute atomic E-state index is 0.123. The van der Waals surface area contributed by atoms with E-state index in [9.17, 15) is 19.2 Å². The van der Waals surface area contributed by atoms with Crippen LogP contribution in [0, 0.1) is 5.41 Å². The number of nitrogens with one attached hydrogen (secondary N) is 2. The highest BCUT2D eigenvalue weighted by molar-refractivity contribution is 6.20. The number of imide groups is 2. The molecule has 7 nitrogen and oxygen atoms in total. The fourth-order valence-corrected chi connectivity index (χ4v) is 1.99.